The van der Waals surface area contributed by atoms with Crippen LogP contribution >= 0.6 is 11.6 Å². The Kier molecular flexibility index (Phi) is 5.22. The molecule has 2 atom stereocenters. The van der Waals surface area contributed by atoms with Crippen molar-refractivity contribution in [2.24, 2.45) is 5.92 Å². The number of rotatable bonds is 4. The third-order valence-corrected chi connectivity index (χ3v) is 6.05. The fourth-order valence-electron chi connectivity index (χ4n) is 2.42. The van der Waals surface area contributed by atoms with E-state index in [1.807, 2.05) is 0 Å². The molecule has 0 aliphatic heterocycles. The normalized spacial score (nSPS) is 21.5. The Hall–Kier alpha value is -1.59. The fraction of sp³-hybridized carbons (Fsp3) is 0.214. The monoisotopic (exact) mass is 410 g/mol. The van der Waals surface area contributed by atoms with Gasteiger partial charge in [0.2, 0.25) is 0 Å². The van der Waals surface area contributed by atoms with E-state index in [9.17, 15) is 35.1 Å². The number of hydrogen-bond acceptors (Lipinski definition) is 5. The van der Waals surface area contributed by atoms with Crippen LogP contribution in [0.4, 0.5) is 4.39 Å². The minimum atomic E-state index is -4.99. The standard InChI is InChI=1S/C14H12ClFO7S2/c1-7-4-10(14(17)9-3-2-8(16)5-11(9)15)13(25(21,22)23)6-12(7)24(18,19)20/h2-7,12H,1H3,(H,18,19,20)(H,21,22,23). The van der Waals surface area contributed by atoms with Crippen molar-refractivity contribution in [3.05, 3.63) is 57.2 Å². The van der Waals surface area contributed by atoms with Crippen molar-refractivity contribution in [3.8, 4) is 0 Å². The van der Waals surface area contributed by atoms with Gasteiger partial charge in [-0.05, 0) is 30.2 Å². The molecule has 1 aromatic carbocycles. The van der Waals surface area contributed by atoms with Crippen LogP contribution in [0.15, 0.2) is 40.8 Å². The highest BCUT2D eigenvalue weighted by Crippen LogP contribution is 2.33. The predicted molar refractivity (Wildman–Crippen MR) is 88.0 cm³/mol. The average molecular weight is 411 g/mol. The lowest BCUT2D eigenvalue weighted by Crippen LogP contribution is -2.31. The molecule has 136 valence electrons. The average Bonchev–Trinajstić information content (AvgIpc) is 2.43. The van der Waals surface area contributed by atoms with Gasteiger partial charge in [-0.3, -0.25) is 13.9 Å². The van der Waals surface area contributed by atoms with Gasteiger partial charge in [-0.2, -0.15) is 16.8 Å². The molecule has 1 aliphatic carbocycles. The van der Waals surface area contributed by atoms with Gasteiger partial charge in [-0.1, -0.05) is 24.6 Å². The summed E-state index contributed by atoms with van der Waals surface area (Å²) in [7, 11) is -9.67. The van der Waals surface area contributed by atoms with E-state index < -0.39 is 53.5 Å². The first-order chi connectivity index (χ1) is 11.3. The first kappa shape index (κ1) is 19.7. The Balaban J connectivity index is 2.63. The molecule has 25 heavy (non-hydrogen) atoms. The summed E-state index contributed by atoms with van der Waals surface area (Å²) in [6.45, 7) is 1.33. The second kappa shape index (κ2) is 6.61. The van der Waals surface area contributed by atoms with Gasteiger partial charge in [-0.15, -0.1) is 0 Å². The Bertz CT molecular complexity index is 1010. The maximum atomic E-state index is 13.1. The van der Waals surface area contributed by atoms with E-state index in [1.54, 1.807) is 0 Å². The van der Waals surface area contributed by atoms with Crippen LogP contribution in [-0.4, -0.2) is 37.0 Å². The molecule has 0 saturated heterocycles. The van der Waals surface area contributed by atoms with Gasteiger partial charge in [0, 0.05) is 11.1 Å². The van der Waals surface area contributed by atoms with Crippen molar-refractivity contribution in [1.29, 1.82) is 0 Å². The maximum absolute atomic E-state index is 13.1. The maximum Gasteiger partial charge on any atom is 0.294 e. The lowest BCUT2D eigenvalue weighted by molar-refractivity contribution is 0.103. The van der Waals surface area contributed by atoms with Crippen LogP contribution in [-0.2, 0) is 20.2 Å². The first-order valence-electron chi connectivity index (χ1n) is 6.70. The summed E-state index contributed by atoms with van der Waals surface area (Å²) in [6.07, 6.45) is 1.57. The Morgan fingerprint density at radius 2 is 1.76 bits per heavy atom. The third kappa shape index (κ3) is 4.15. The quantitative estimate of drug-likeness (QED) is 0.575. The molecule has 0 spiro atoms. The van der Waals surface area contributed by atoms with Gasteiger partial charge >= 0.3 is 0 Å². The Morgan fingerprint density at radius 3 is 2.24 bits per heavy atom. The molecule has 1 aliphatic rings. The van der Waals surface area contributed by atoms with Crippen molar-refractivity contribution < 1.29 is 35.1 Å². The van der Waals surface area contributed by atoms with Crippen molar-refractivity contribution in [1.82, 2.24) is 0 Å². The van der Waals surface area contributed by atoms with Gasteiger partial charge in [0.05, 0.1) is 5.02 Å². The summed E-state index contributed by atoms with van der Waals surface area (Å²) in [4.78, 5) is 11.6. The molecule has 11 heteroatoms. The van der Waals surface area contributed by atoms with E-state index in [2.05, 4.69) is 0 Å². The third-order valence-electron chi connectivity index (χ3n) is 3.57. The van der Waals surface area contributed by atoms with E-state index in [0.717, 1.165) is 24.3 Å². The van der Waals surface area contributed by atoms with E-state index >= 15 is 0 Å². The van der Waals surface area contributed by atoms with E-state index in [4.69, 9.17) is 11.6 Å². The molecule has 0 saturated carbocycles. The molecule has 0 fully saturated rings. The molecule has 2 N–H and O–H groups in total. The number of Topliss-reactive ketones (excluding diaryl/α,β-unsaturated/α-hetero) is 1. The van der Waals surface area contributed by atoms with E-state index in [1.165, 1.54) is 6.92 Å². The van der Waals surface area contributed by atoms with Crippen LogP contribution in [0.25, 0.3) is 0 Å². The minimum absolute atomic E-state index is 0.235. The van der Waals surface area contributed by atoms with Crippen LogP contribution in [0, 0.1) is 11.7 Å². The molecule has 0 bridgehead atoms. The second-order valence-electron chi connectivity index (χ2n) is 5.38. The number of allylic oxidation sites excluding steroid dienone is 2. The molecule has 1 aromatic rings. The molecule has 7 nitrogen and oxygen atoms in total. The molecule has 0 aromatic heterocycles. The topological polar surface area (TPSA) is 126 Å². The van der Waals surface area contributed by atoms with Crippen molar-refractivity contribution >= 4 is 37.6 Å². The van der Waals surface area contributed by atoms with Crippen molar-refractivity contribution in [2.45, 2.75) is 12.2 Å². The van der Waals surface area contributed by atoms with Gasteiger partial charge in [0.1, 0.15) is 16.0 Å². The summed E-state index contributed by atoms with van der Waals surface area (Å²) in [5, 5.41) is -1.95. The number of benzene rings is 1. The largest absolute Gasteiger partial charge is 0.294 e. The van der Waals surface area contributed by atoms with E-state index in [-0.39, 0.29) is 10.6 Å². The highest BCUT2D eigenvalue weighted by molar-refractivity contribution is 7.90. The van der Waals surface area contributed by atoms with Crippen LogP contribution in [0.1, 0.15) is 17.3 Å². The van der Waals surface area contributed by atoms with Crippen LogP contribution in [0.3, 0.4) is 0 Å². The Labute approximate surface area is 148 Å². The van der Waals surface area contributed by atoms with Crippen LogP contribution in [0.2, 0.25) is 5.02 Å². The number of halogens is 2. The second-order valence-corrected chi connectivity index (χ2v) is 8.75. The predicted octanol–water partition coefficient (Wildman–Crippen LogP) is 2.27. The van der Waals surface area contributed by atoms with Crippen LogP contribution < -0.4 is 0 Å². The van der Waals surface area contributed by atoms with Crippen molar-refractivity contribution in [3.63, 3.8) is 0 Å². The van der Waals surface area contributed by atoms with Crippen molar-refractivity contribution in [2.75, 3.05) is 0 Å². The molecular weight excluding hydrogens is 399 g/mol. The molecule has 2 unspecified atom stereocenters. The summed E-state index contributed by atoms with van der Waals surface area (Å²) in [5.74, 6) is -2.64. The number of carbonyl (C=O) groups is 1. The van der Waals surface area contributed by atoms with Gasteiger partial charge < -0.3 is 0 Å². The summed E-state index contributed by atoms with van der Waals surface area (Å²) >= 11 is 5.79. The smallest absolute Gasteiger partial charge is 0.289 e. The number of hydrogen-bond donors (Lipinski definition) is 2. The molecular formula is C14H12ClFO7S2. The fourth-order valence-corrected chi connectivity index (χ4v) is 4.44. The number of ketones is 1. The molecule has 0 radical (unpaired) electrons. The summed E-state index contributed by atoms with van der Waals surface area (Å²) in [5.41, 5.74) is -0.759. The van der Waals surface area contributed by atoms with E-state index in [0.29, 0.717) is 6.08 Å². The molecule has 2 rings (SSSR count). The Morgan fingerprint density at radius 1 is 1.16 bits per heavy atom. The van der Waals surface area contributed by atoms with Gasteiger partial charge in [0.15, 0.2) is 5.78 Å². The highest BCUT2D eigenvalue weighted by atomic mass is 35.5. The van der Waals surface area contributed by atoms with Crippen LogP contribution in [0.5, 0.6) is 0 Å². The van der Waals surface area contributed by atoms with Gasteiger partial charge in [0.25, 0.3) is 20.2 Å². The SMILES string of the molecule is CC1C=C(C(=O)c2ccc(F)cc2Cl)C(S(=O)(=O)O)=CC1S(=O)(=O)O. The molecule has 0 amide bonds. The lowest BCUT2D eigenvalue weighted by Gasteiger charge is -2.23. The van der Waals surface area contributed by atoms with Gasteiger partial charge in [-0.25, -0.2) is 4.39 Å². The zero-order valence-corrected chi connectivity index (χ0v) is 14.9. The highest BCUT2D eigenvalue weighted by Gasteiger charge is 2.37. The summed E-state index contributed by atoms with van der Waals surface area (Å²) < 4.78 is 77.5. The lowest BCUT2D eigenvalue weighted by atomic mass is 9.92. The molecule has 0 heterocycles. The zero-order chi connectivity index (χ0) is 19.2. The minimum Gasteiger partial charge on any atom is -0.289 e. The number of carbonyl (C=O) groups excluding carboxylic acids is 1. The zero-order valence-electron chi connectivity index (χ0n) is 12.5. The first-order valence-corrected chi connectivity index (χ1v) is 10.0. The summed E-state index contributed by atoms with van der Waals surface area (Å²) in [6, 6.07) is 2.81.